The average Bonchev–Trinajstić information content (AvgIpc) is 2.89. The van der Waals surface area contributed by atoms with Crippen LogP contribution in [0.25, 0.3) is 22.4 Å². The summed E-state index contributed by atoms with van der Waals surface area (Å²) in [5, 5.41) is 6.35. The Kier molecular flexibility index (Phi) is 7.02. The Bertz CT molecular complexity index is 1400. The molecule has 0 bridgehead atoms. The number of carbonyl (C=O) groups excluding carboxylic acids is 2. The summed E-state index contributed by atoms with van der Waals surface area (Å²) >= 11 is 6.11. The number of rotatable bonds is 5. The van der Waals surface area contributed by atoms with Crippen LogP contribution in [-0.4, -0.2) is 71.4 Å². The van der Waals surface area contributed by atoms with Gasteiger partial charge in [0.15, 0.2) is 11.6 Å². The van der Waals surface area contributed by atoms with E-state index in [1.807, 2.05) is 11.9 Å². The second-order valence-corrected chi connectivity index (χ2v) is 9.16. The number of ether oxygens (including phenoxy) is 1. The molecule has 1 fully saturated rings. The fourth-order valence-corrected chi connectivity index (χ4v) is 4.30. The molecule has 2 aliphatic heterocycles. The van der Waals surface area contributed by atoms with Gasteiger partial charge in [-0.1, -0.05) is 11.6 Å². The number of benzene rings is 1. The quantitative estimate of drug-likeness (QED) is 0.494. The molecule has 0 spiro atoms. The van der Waals surface area contributed by atoms with Crippen LogP contribution in [0.3, 0.4) is 0 Å². The van der Waals surface area contributed by atoms with Gasteiger partial charge in [-0.2, -0.15) is 0 Å². The van der Waals surface area contributed by atoms with Crippen LogP contribution >= 0.6 is 11.6 Å². The van der Waals surface area contributed by atoms with E-state index in [4.69, 9.17) is 16.3 Å². The first kappa shape index (κ1) is 24.7. The molecule has 2 N–H and O–H groups in total. The average molecular weight is 523 g/mol. The molecule has 11 heteroatoms. The molecule has 0 radical (unpaired) electrons. The molecule has 1 aromatic carbocycles. The summed E-state index contributed by atoms with van der Waals surface area (Å²) in [4.78, 5) is 36.9. The van der Waals surface area contributed by atoms with Gasteiger partial charge < -0.3 is 20.3 Å². The van der Waals surface area contributed by atoms with Gasteiger partial charge in [0, 0.05) is 53.3 Å². The highest BCUT2D eigenvalue weighted by atomic mass is 35.5. The summed E-state index contributed by atoms with van der Waals surface area (Å²) in [5.74, 6) is 0.0688. The third-order valence-electron chi connectivity index (χ3n) is 5.99. The monoisotopic (exact) mass is 522 g/mol. The number of nitrogens with one attached hydrogen (secondary N) is 2. The van der Waals surface area contributed by atoms with Crippen LogP contribution in [0.1, 0.15) is 0 Å². The van der Waals surface area contributed by atoms with Gasteiger partial charge in [0.1, 0.15) is 12.4 Å². The molecule has 0 saturated carbocycles. The lowest BCUT2D eigenvalue weighted by atomic mass is 10.0. The van der Waals surface area contributed by atoms with Gasteiger partial charge in [0.2, 0.25) is 11.8 Å². The fourth-order valence-electron chi connectivity index (χ4n) is 4.13. The number of likely N-dealkylation sites (N-methyl/N-ethyl adjacent to an activating group) is 1. The van der Waals surface area contributed by atoms with Crippen molar-refractivity contribution < 1.29 is 18.7 Å². The number of carbonyl (C=O) groups is 2. The van der Waals surface area contributed by atoms with Gasteiger partial charge in [0.25, 0.3) is 0 Å². The Morgan fingerprint density at radius 1 is 1.22 bits per heavy atom. The number of piperazine rings is 1. The van der Waals surface area contributed by atoms with E-state index in [0.29, 0.717) is 65.3 Å². The maximum atomic E-state index is 14.6. The Balaban J connectivity index is 1.42. The van der Waals surface area contributed by atoms with Crippen LogP contribution in [0.2, 0.25) is 5.02 Å². The predicted molar refractivity (Wildman–Crippen MR) is 139 cm³/mol. The minimum absolute atomic E-state index is 0.0653. The van der Waals surface area contributed by atoms with E-state index in [-0.39, 0.29) is 11.5 Å². The second-order valence-electron chi connectivity index (χ2n) is 8.72. The Morgan fingerprint density at radius 3 is 2.92 bits per heavy atom. The van der Waals surface area contributed by atoms with Crippen LogP contribution in [0.4, 0.5) is 15.9 Å². The molecule has 9 nitrogen and oxygen atoms in total. The molecular formula is C26H24ClFN6O3. The topological polar surface area (TPSA) is 99.7 Å². The summed E-state index contributed by atoms with van der Waals surface area (Å²) < 4.78 is 20.5. The maximum absolute atomic E-state index is 14.6. The zero-order valence-corrected chi connectivity index (χ0v) is 20.8. The van der Waals surface area contributed by atoms with Crippen LogP contribution in [0.15, 0.2) is 55.0 Å². The maximum Gasteiger partial charge on any atom is 0.249 e. The predicted octanol–water partition coefficient (Wildman–Crippen LogP) is 3.63. The normalized spacial score (nSPS) is 15.8. The molecule has 2 aliphatic rings. The smallest absolute Gasteiger partial charge is 0.249 e. The number of anilines is 2. The minimum atomic E-state index is -0.454. The third kappa shape index (κ3) is 5.55. The van der Waals surface area contributed by atoms with Crippen LogP contribution in [0.5, 0.6) is 5.75 Å². The number of halogens is 2. The van der Waals surface area contributed by atoms with E-state index in [1.165, 1.54) is 41.6 Å². The van der Waals surface area contributed by atoms with E-state index in [9.17, 15) is 14.0 Å². The summed E-state index contributed by atoms with van der Waals surface area (Å²) in [7, 11) is 1.88. The van der Waals surface area contributed by atoms with Crippen LogP contribution in [-0.2, 0) is 9.59 Å². The molecule has 5 rings (SSSR count). The van der Waals surface area contributed by atoms with Gasteiger partial charge in [-0.05, 0) is 37.4 Å². The lowest BCUT2D eigenvalue weighted by molar-refractivity contribution is -0.132. The Hall–Kier alpha value is -4.02. The lowest BCUT2D eigenvalue weighted by Gasteiger charge is -2.29. The van der Waals surface area contributed by atoms with Crippen molar-refractivity contribution in [3.8, 4) is 28.1 Å². The SMILES string of the molecule is CN1CCN(C=CC(=O)Nc2cncc(-c3cc(-c4cc(Cl)ccc4F)nc4c3OCCN4)c2)C(=O)C1. The standard InChI is InChI=1S/C26H24ClFN6O3/c1-33-7-8-34(24(36)15-33)6-4-23(35)31-18-10-16(13-29-14-18)19-12-22(20-11-17(27)2-3-21(20)28)32-26-25(19)37-9-5-30-26/h2-4,6,10-14H,5,7-9,15H2,1H3,(H,30,32)(H,31,35). The first-order valence-electron chi connectivity index (χ1n) is 11.7. The number of nitrogens with zero attached hydrogens (tertiary/aromatic N) is 4. The molecule has 2 amide bonds. The molecule has 0 unspecified atom stereocenters. The molecule has 37 heavy (non-hydrogen) atoms. The van der Waals surface area contributed by atoms with E-state index >= 15 is 0 Å². The summed E-state index contributed by atoms with van der Waals surface area (Å²) in [6.45, 7) is 2.56. The highest BCUT2D eigenvalue weighted by molar-refractivity contribution is 6.30. The number of hydrogen-bond donors (Lipinski definition) is 2. The van der Waals surface area contributed by atoms with Crippen molar-refractivity contribution in [2.24, 2.45) is 0 Å². The molecule has 0 aliphatic carbocycles. The summed E-state index contributed by atoms with van der Waals surface area (Å²) in [6, 6.07) is 7.74. The highest BCUT2D eigenvalue weighted by Crippen LogP contribution is 2.41. The summed E-state index contributed by atoms with van der Waals surface area (Å²) in [6.07, 6.45) is 5.95. The van der Waals surface area contributed by atoms with E-state index < -0.39 is 11.7 Å². The van der Waals surface area contributed by atoms with Crippen molar-refractivity contribution in [1.29, 1.82) is 0 Å². The largest absolute Gasteiger partial charge is 0.487 e. The fraction of sp³-hybridized carbons (Fsp3) is 0.231. The number of hydrogen-bond acceptors (Lipinski definition) is 7. The van der Waals surface area contributed by atoms with Crippen molar-refractivity contribution >= 4 is 34.9 Å². The zero-order valence-electron chi connectivity index (χ0n) is 20.0. The van der Waals surface area contributed by atoms with Gasteiger partial charge in [-0.25, -0.2) is 9.37 Å². The van der Waals surface area contributed by atoms with Crippen molar-refractivity contribution in [2.75, 3.05) is 50.5 Å². The molecule has 190 valence electrons. The van der Waals surface area contributed by atoms with Gasteiger partial charge in [0.05, 0.1) is 30.7 Å². The molecule has 4 heterocycles. The van der Waals surface area contributed by atoms with E-state index in [2.05, 4.69) is 20.6 Å². The third-order valence-corrected chi connectivity index (χ3v) is 6.22. The van der Waals surface area contributed by atoms with Crippen molar-refractivity contribution in [1.82, 2.24) is 19.8 Å². The number of amides is 2. The first-order valence-corrected chi connectivity index (χ1v) is 12.0. The van der Waals surface area contributed by atoms with Gasteiger partial charge in [-0.3, -0.25) is 19.5 Å². The van der Waals surface area contributed by atoms with Gasteiger partial charge in [-0.15, -0.1) is 0 Å². The minimum Gasteiger partial charge on any atom is -0.487 e. The first-order chi connectivity index (χ1) is 17.9. The van der Waals surface area contributed by atoms with Crippen LogP contribution in [0, 0.1) is 5.82 Å². The van der Waals surface area contributed by atoms with Crippen molar-refractivity contribution in [3.63, 3.8) is 0 Å². The second kappa shape index (κ2) is 10.5. The molecule has 3 aromatic rings. The van der Waals surface area contributed by atoms with Crippen molar-refractivity contribution in [3.05, 3.63) is 65.8 Å². The van der Waals surface area contributed by atoms with Gasteiger partial charge >= 0.3 is 0 Å². The Morgan fingerprint density at radius 2 is 2.08 bits per heavy atom. The van der Waals surface area contributed by atoms with E-state index in [1.54, 1.807) is 18.3 Å². The van der Waals surface area contributed by atoms with E-state index in [0.717, 1.165) is 6.54 Å². The lowest BCUT2D eigenvalue weighted by Crippen LogP contribution is -2.46. The summed E-state index contributed by atoms with van der Waals surface area (Å²) in [5.41, 5.74) is 2.35. The molecular weight excluding hydrogens is 499 g/mol. The van der Waals surface area contributed by atoms with Crippen LogP contribution < -0.4 is 15.4 Å². The number of fused-ring (bicyclic) bond motifs is 1. The highest BCUT2D eigenvalue weighted by Gasteiger charge is 2.22. The zero-order chi connectivity index (χ0) is 25.9. The Labute approximate surface area is 217 Å². The molecule has 0 atom stereocenters. The number of aromatic nitrogens is 2. The number of pyridine rings is 2. The molecule has 2 aromatic heterocycles. The molecule has 1 saturated heterocycles. The van der Waals surface area contributed by atoms with Crippen molar-refractivity contribution in [2.45, 2.75) is 0 Å².